The van der Waals surface area contributed by atoms with Crippen molar-refractivity contribution in [1.29, 1.82) is 0 Å². The first-order valence-electron chi connectivity index (χ1n) is 6.67. The van der Waals surface area contributed by atoms with Crippen molar-refractivity contribution in [2.24, 2.45) is 0 Å². The molecule has 116 valence electrons. The Hall–Kier alpha value is -1.05. The fourth-order valence-electron chi connectivity index (χ4n) is 2.19. The van der Waals surface area contributed by atoms with E-state index in [-0.39, 0.29) is 10.9 Å². The van der Waals surface area contributed by atoms with Crippen LogP contribution in [-0.2, 0) is 19.6 Å². The Labute approximate surface area is 129 Å². The van der Waals surface area contributed by atoms with Gasteiger partial charge in [0.05, 0.1) is 12.0 Å². The van der Waals surface area contributed by atoms with Crippen molar-refractivity contribution < 1.29 is 17.9 Å². The molecule has 1 aromatic rings. The average molecular weight is 329 g/mol. The van der Waals surface area contributed by atoms with Crippen LogP contribution < -0.4 is 0 Å². The van der Waals surface area contributed by atoms with E-state index in [4.69, 9.17) is 4.74 Å². The highest BCUT2D eigenvalue weighted by Crippen LogP contribution is 2.34. The molecule has 1 aliphatic rings. The van der Waals surface area contributed by atoms with Gasteiger partial charge in [0.1, 0.15) is 6.04 Å². The van der Waals surface area contributed by atoms with Crippen molar-refractivity contribution in [2.45, 2.75) is 41.6 Å². The summed E-state index contributed by atoms with van der Waals surface area (Å²) < 4.78 is 31.5. The average Bonchev–Trinajstić information content (AvgIpc) is 3.30. The molecular weight excluding hydrogens is 310 g/mol. The third kappa shape index (κ3) is 3.41. The highest BCUT2D eigenvalue weighted by Gasteiger charge is 2.43. The van der Waals surface area contributed by atoms with Gasteiger partial charge in [-0.2, -0.15) is 4.31 Å². The van der Waals surface area contributed by atoms with Gasteiger partial charge in [-0.05, 0) is 50.3 Å². The van der Waals surface area contributed by atoms with E-state index in [2.05, 4.69) is 0 Å². The van der Waals surface area contributed by atoms with E-state index in [0.29, 0.717) is 0 Å². The SMILES string of the molecule is COC(=O)[C@@H](C)N(C1CC1)S(=O)(=O)c1ccc(SC)cc1. The van der Waals surface area contributed by atoms with E-state index < -0.39 is 22.0 Å². The summed E-state index contributed by atoms with van der Waals surface area (Å²) in [5, 5.41) is 0. The number of carbonyl (C=O) groups excluding carboxylic acids is 1. The number of thioether (sulfide) groups is 1. The molecule has 5 nitrogen and oxygen atoms in total. The predicted octanol–water partition coefficient (Wildman–Crippen LogP) is 2.12. The van der Waals surface area contributed by atoms with E-state index in [9.17, 15) is 13.2 Å². The smallest absolute Gasteiger partial charge is 0.323 e. The van der Waals surface area contributed by atoms with Crippen molar-refractivity contribution in [2.75, 3.05) is 13.4 Å². The largest absolute Gasteiger partial charge is 0.468 e. The van der Waals surface area contributed by atoms with Crippen LogP contribution in [0.2, 0.25) is 0 Å². The van der Waals surface area contributed by atoms with Crippen LogP contribution in [0.4, 0.5) is 0 Å². The summed E-state index contributed by atoms with van der Waals surface area (Å²) in [6.07, 6.45) is 3.49. The minimum atomic E-state index is -3.69. The lowest BCUT2D eigenvalue weighted by atomic mass is 10.3. The van der Waals surface area contributed by atoms with Gasteiger partial charge in [0, 0.05) is 10.9 Å². The molecule has 1 atom stereocenters. The summed E-state index contributed by atoms with van der Waals surface area (Å²) in [7, 11) is -2.43. The molecule has 1 aromatic carbocycles. The molecule has 0 radical (unpaired) electrons. The normalized spacial score (nSPS) is 16.8. The molecule has 2 rings (SSSR count). The standard InChI is InChI=1S/C14H19NO4S2/c1-10(14(16)19-2)15(11-4-5-11)21(17,18)13-8-6-12(20-3)7-9-13/h6-11H,4-5H2,1-3H3/t10-/m1/s1. The number of ether oxygens (including phenoxy) is 1. The van der Waals surface area contributed by atoms with Crippen molar-refractivity contribution in [1.82, 2.24) is 4.31 Å². The summed E-state index contributed by atoms with van der Waals surface area (Å²) in [5.41, 5.74) is 0. The molecule has 21 heavy (non-hydrogen) atoms. The number of hydrogen-bond acceptors (Lipinski definition) is 5. The fraction of sp³-hybridized carbons (Fsp3) is 0.500. The molecule has 1 aliphatic carbocycles. The number of rotatable bonds is 6. The Kier molecular flexibility index (Phi) is 4.95. The molecule has 0 N–H and O–H groups in total. The fourth-order valence-corrected chi connectivity index (χ4v) is 4.43. The maximum absolute atomic E-state index is 12.8. The van der Waals surface area contributed by atoms with Gasteiger partial charge in [-0.3, -0.25) is 4.79 Å². The molecule has 0 aliphatic heterocycles. The molecule has 0 unspecified atom stereocenters. The summed E-state index contributed by atoms with van der Waals surface area (Å²) in [6.45, 7) is 1.57. The molecule has 7 heteroatoms. The van der Waals surface area contributed by atoms with Gasteiger partial charge >= 0.3 is 5.97 Å². The van der Waals surface area contributed by atoms with Gasteiger partial charge < -0.3 is 4.74 Å². The number of benzene rings is 1. The van der Waals surface area contributed by atoms with Crippen molar-refractivity contribution >= 4 is 27.8 Å². The van der Waals surface area contributed by atoms with Crippen LogP contribution in [0.25, 0.3) is 0 Å². The number of methoxy groups -OCH3 is 1. The lowest BCUT2D eigenvalue weighted by Crippen LogP contribution is -2.45. The monoisotopic (exact) mass is 329 g/mol. The minimum Gasteiger partial charge on any atom is -0.468 e. The van der Waals surface area contributed by atoms with Crippen LogP contribution >= 0.6 is 11.8 Å². The predicted molar refractivity (Wildman–Crippen MR) is 81.7 cm³/mol. The van der Waals surface area contributed by atoms with Gasteiger partial charge in [0.25, 0.3) is 0 Å². The van der Waals surface area contributed by atoms with Gasteiger partial charge in [-0.1, -0.05) is 0 Å². The molecule has 0 saturated heterocycles. The molecule has 1 saturated carbocycles. The first kappa shape index (κ1) is 16.3. The summed E-state index contributed by atoms with van der Waals surface area (Å²) in [6, 6.07) is 5.79. The lowest BCUT2D eigenvalue weighted by molar-refractivity contribution is -0.144. The van der Waals surface area contributed by atoms with Gasteiger partial charge in [-0.25, -0.2) is 8.42 Å². The lowest BCUT2D eigenvalue weighted by Gasteiger charge is -2.26. The van der Waals surface area contributed by atoms with E-state index in [0.717, 1.165) is 17.7 Å². The first-order valence-corrected chi connectivity index (χ1v) is 9.33. The number of sulfonamides is 1. The molecule has 1 fully saturated rings. The number of esters is 1. The van der Waals surface area contributed by atoms with Crippen molar-refractivity contribution in [3.8, 4) is 0 Å². The van der Waals surface area contributed by atoms with E-state index in [1.807, 2.05) is 6.26 Å². The van der Waals surface area contributed by atoms with Gasteiger partial charge in [0.2, 0.25) is 10.0 Å². The quantitative estimate of drug-likeness (QED) is 0.591. The molecule has 0 amide bonds. The second-order valence-electron chi connectivity index (χ2n) is 4.94. The zero-order chi connectivity index (χ0) is 15.6. The van der Waals surface area contributed by atoms with E-state index >= 15 is 0 Å². The van der Waals surface area contributed by atoms with Crippen molar-refractivity contribution in [3.05, 3.63) is 24.3 Å². The van der Waals surface area contributed by atoms with Gasteiger partial charge in [-0.15, -0.1) is 11.8 Å². The second-order valence-corrected chi connectivity index (χ2v) is 7.66. The Balaban J connectivity index is 2.35. The number of carbonyl (C=O) groups is 1. The van der Waals surface area contributed by atoms with Crippen LogP contribution in [-0.4, -0.2) is 44.1 Å². The molecule has 0 spiro atoms. The number of hydrogen-bond donors (Lipinski definition) is 0. The Bertz CT molecular complexity index is 608. The third-order valence-corrected chi connectivity index (χ3v) is 6.25. The summed E-state index contributed by atoms with van der Waals surface area (Å²) >= 11 is 1.55. The zero-order valence-corrected chi connectivity index (χ0v) is 13.9. The Morgan fingerprint density at radius 2 is 1.90 bits per heavy atom. The highest BCUT2D eigenvalue weighted by molar-refractivity contribution is 7.98. The van der Waals surface area contributed by atoms with Crippen LogP contribution in [0.3, 0.4) is 0 Å². The summed E-state index contributed by atoms with van der Waals surface area (Å²) in [5.74, 6) is -0.536. The van der Waals surface area contributed by atoms with Crippen LogP contribution in [0.5, 0.6) is 0 Å². The zero-order valence-electron chi connectivity index (χ0n) is 12.3. The molecule has 0 heterocycles. The van der Waals surface area contributed by atoms with Crippen LogP contribution in [0.15, 0.2) is 34.1 Å². The highest BCUT2D eigenvalue weighted by atomic mass is 32.2. The maximum atomic E-state index is 12.8. The first-order chi connectivity index (χ1) is 9.91. The maximum Gasteiger partial charge on any atom is 0.323 e. The second kappa shape index (κ2) is 6.37. The Morgan fingerprint density at radius 3 is 2.33 bits per heavy atom. The summed E-state index contributed by atoms with van der Waals surface area (Å²) in [4.78, 5) is 12.9. The topological polar surface area (TPSA) is 63.7 Å². The third-order valence-electron chi connectivity index (χ3n) is 3.47. The van der Waals surface area contributed by atoms with Crippen LogP contribution in [0, 0.1) is 0 Å². The Morgan fingerprint density at radius 1 is 1.33 bits per heavy atom. The molecule has 0 bridgehead atoms. The van der Waals surface area contributed by atoms with E-state index in [1.165, 1.54) is 11.4 Å². The molecular formula is C14H19NO4S2. The van der Waals surface area contributed by atoms with Crippen LogP contribution in [0.1, 0.15) is 19.8 Å². The minimum absolute atomic E-state index is 0.107. The number of nitrogens with zero attached hydrogens (tertiary/aromatic N) is 1. The van der Waals surface area contributed by atoms with Crippen molar-refractivity contribution in [3.63, 3.8) is 0 Å². The molecule has 0 aromatic heterocycles. The van der Waals surface area contributed by atoms with E-state index in [1.54, 1.807) is 43.0 Å². The van der Waals surface area contributed by atoms with Gasteiger partial charge in [0.15, 0.2) is 0 Å².